The van der Waals surface area contributed by atoms with Crippen LogP contribution in [-0.4, -0.2) is 55.5 Å². The van der Waals surface area contributed by atoms with E-state index in [-0.39, 0.29) is 18.0 Å². The van der Waals surface area contributed by atoms with Gasteiger partial charge in [-0.3, -0.25) is 9.79 Å². The van der Waals surface area contributed by atoms with Crippen LogP contribution in [0.1, 0.15) is 24.8 Å². The third-order valence-electron chi connectivity index (χ3n) is 5.79. The maximum atomic E-state index is 12.4. The van der Waals surface area contributed by atoms with Gasteiger partial charge in [-0.25, -0.2) is 4.79 Å². The smallest absolute Gasteiger partial charge is 0.321 e. The molecule has 0 aliphatic carbocycles. The number of carbonyl (C=O) groups excluding carboxylic acids is 2. The van der Waals surface area contributed by atoms with E-state index in [1.807, 2.05) is 59.5 Å². The Morgan fingerprint density at radius 3 is 2.62 bits per heavy atom. The summed E-state index contributed by atoms with van der Waals surface area (Å²) >= 11 is 0. The van der Waals surface area contributed by atoms with E-state index in [0.717, 1.165) is 42.9 Å². The number of likely N-dealkylation sites (tertiary alicyclic amines) is 1. The summed E-state index contributed by atoms with van der Waals surface area (Å²) in [6.07, 6.45) is 2.56. The quantitative estimate of drug-likeness (QED) is 0.499. The second-order valence-corrected chi connectivity index (χ2v) is 8.14. The molecule has 168 valence electrons. The fourth-order valence-corrected chi connectivity index (χ4v) is 4.12. The second kappa shape index (κ2) is 10.2. The van der Waals surface area contributed by atoms with Crippen LogP contribution in [0.2, 0.25) is 0 Å². The van der Waals surface area contributed by atoms with Crippen molar-refractivity contribution in [1.29, 1.82) is 0 Å². The Balaban J connectivity index is 1.29. The molecule has 8 nitrogen and oxygen atoms in total. The minimum absolute atomic E-state index is 0.0139. The lowest BCUT2D eigenvalue weighted by molar-refractivity contribution is -0.117. The highest BCUT2D eigenvalue weighted by Crippen LogP contribution is 2.21. The molecule has 2 aromatic rings. The number of hydrogen-bond donors (Lipinski definition) is 3. The van der Waals surface area contributed by atoms with E-state index in [4.69, 9.17) is 0 Å². The fourth-order valence-electron chi connectivity index (χ4n) is 4.12. The van der Waals surface area contributed by atoms with Gasteiger partial charge in [0.05, 0.1) is 6.04 Å². The number of rotatable bonds is 5. The van der Waals surface area contributed by atoms with Crippen LogP contribution in [0.15, 0.2) is 59.6 Å². The second-order valence-electron chi connectivity index (χ2n) is 8.14. The number of nitrogens with one attached hydrogen (secondary N) is 3. The lowest BCUT2D eigenvalue weighted by Crippen LogP contribution is -2.44. The first-order chi connectivity index (χ1) is 15.6. The first-order valence-corrected chi connectivity index (χ1v) is 11.1. The van der Waals surface area contributed by atoms with Gasteiger partial charge in [0.25, 0.3) is 0 Å². The molecule has 2 aliphatic rings. The maximum absolute atomic E-state index is 12.4. The van der Waals surface area contributed by atoms with Crippen molar-refractivity contribution < 1.29 is 9.59 Å². The van der Waals surface area contributed by atoms with Gasteiger partial charge < -0.3 is 25.8 Å². The van der Waals surface area contributed by atoms with E-state index >= 15 is 0 Å². The number of para-hydroxylation sites is 1. The van der Waals surface area contributed by atoms with Gasteiger partial charge in [0.1, 0.15) is 0 Å². The molecule has 0 radical (unpaired) electrons. The number of guanidine groups is 1. The molecule has 2 aliphatic heterocycles. The molecule has 2 saturated heterocycles. The fraction of sp³-hybridized carbons (Fsp3) is 0.375. The molecule has 32 heavy (non-hydrogen) atoms. The Labute approximate surface area is 188 Å². The third kappa shape index (κ3) is 5.38. The molecule has 3 amide bonds. The number of benzene rings is 2. The SMILES string of the molecule is CN=C(NCc1cccc(NC(=O)N2CCCC2)c1)NC1CC(=O)N(c2ccccc2)C1. The molecule has 4 rings (SSSR count). The van der Waals surface area contributed by atoms with Crippen molar-refractivity contribution in [3.8, 4) is 0 Å². The summed E-state index contributed by atoms with van der Waals surface area (Å²) in [4.78, 5) is 32.7. The van der Waals surface area contributed by atoms with Gasteiger partial charge in [0.2, 0.25) is 5.91 Å². The van der Waals surface area contributed by atoms with Crippen LogP contribution in [0.4, 0.5) is 16.2 Å². The van der Waals surface area contributed by atoms with Crippen molar-refractivity contribution in [2.75, 3.05) is 36.9 Å². The van der Waals surface area contributed by atoms with Crippen molar-refractivity contribution in [1.82, 2.24) is 15.5 Å². The maximum Gasteiger partial charge on any atom is 0.321 e. The number of amides is 3. The standard InChI is InChI=1S/C24H30N6O2/c1-25-23(27-20-15-22(31)30(17-20)21-10-3-2-4-11-21)26-16-18-8-7-9-19(14-18)28-24(32)29-12-5-6-13-29/h2-4,7-11,14,20H,5-6,12-13,15-17H2,1H3,(H,28,32)(H2,25,26,27). The normalized spacial score (nSPS) is 18.7. The highest BCUT2D eigenvalue weighted by Gasteiger charge is 2.31. The average molecular weight is 435 g/mol. The Hall–Kier alpha value is -3.55. The molecule has 3 N–H and O–H groups in total. The van der Waals surface area contributed by atoms with Gasteiger partial charge in [-0.15, -0.1) is 0 Å². The molecule has 1 unspecified atom stereocenters. The molecule has 0 aromatic heterocycles. The molecule has 0 spiro atoms. The summed E-state index contributed by atoms with van der Waals surface area (Å²) < 4.78 is 0. The summed E-state index contributed by atoms with van der Waals surface area (Å²) in [6.45, 7) is 2.79. The molecular formula is C24H30N6O2. The number of anilines is 2. The molecule has 0 bridgehead atoms. The van der Waals surface area contributed by atoms with Crippen molar-refractivity contribution in [3.63, 3.8) is 0 Å². The number of urea groups is 1. The zero-order valence-electron chi connectivity index (χ0n) is 18.4. The van der Waals surface area contributed by atoms with E-state index in [2.05, 4.69) is 20.9 Å². The predicted octanol–water partition coefficient (Wildman–Crippen LogP) is 2.78. The van der Waals surface area contributed by atoms with Crippen LogP contribution in [0.3, 0.4) is 0 Å². The summed E-state index contributed by atoms with van der Waals surface area (Å²) in [5.74, 6) is 0.745. The Kier molecular flexibility index (Phi) is 6.89. The van der Waals surface area contributed by atoms with Crippen molar-refractivity contribution in [2.24, 2.45) is 4.99 Å². The van der Waals surface area contributed by atoms with Gasteiger partial charge in [-0.1, -0.05) is 30.3 Å². The van der Waals surface area contributed by atoms with E-state index in [0.29, 0.717) is 25.5 Å². The zero-order chi connectivity index (χ0) is 22.3. The van der Waals surface area contributed by atoms with E-state index in [9.17, 15) is 9.59 Å². The predicted molar refractivity (Wildman–Crippen MR) is 127 cm³/mol. The van der Waals surface area contributed by atoms with Crippen molar-refractivity contribution in [2.45, 2.75) is 31.8 Å². The van der Waals surface area contributed by atoms with Crippen molar-refractivity contribution in [3.05, 3.63) is 60.2 Å². The summed E-state index contributed by atoms with van der Waals surface area (Å²) in [5.41, 5.74) is 2.72. The molecule has 8 heteroatoms. The summed E-state index contributed by atoms with van der Waals surface area (Å²) in [5, 5.41) is 9.63. The average Bonchev–Trinajstić information content (AvgIpc) is 3.47. The summed E-state index contributed by atoms with van der Waals surface area (Å²) in [7, 11) is 1.72. The Bertz CT molecular complexity index is 971. The van der Waals surface area contributed by atoms with Gasteiger partial charge >= 0.3 is 6.03 Å². The third-order valence-corrected chi connectivity index (χ3v) is 5.79. The van der Waals surface area contributed by atoms with Gasteiger partial charge in [-0.05, 0) is 42.7 Å². The first-order valence-electron chi connectivity index (χ1n) is 11.1. The summed E-state index contributed by atoms with van der Waals surface area (Å²) in [6, 6.07) is 17.4. The van der Waals surface area contributed by atoms with Crippen LogP contribution in [-0.2, 0) is 11.3 Å². The Morgan fingerprint density at radius 2 is 1.88 bits per heavy atom. The molecular weight excluding hydrogens is 404 g/mol. The minimum Gasteiger partial charge on any atom is -0.352 e. The molecule has 1 atom stereocenters. The van der Waals surface area contributed by atoms with Crippen LogP contribution in [0.5, 0.6) is 0 Å². The van der Waals surface area contributed by atoms with Crippen molar-refractivity contribution >= 4 is 29.3 Å². The number of carbonyl (C=O) groups is 2. The molecule has 2 fully saturated rings. The van der Waals surface area contributed by atoms with E-state index < -0.39 is 0 Å². The zero-order valence-corrected chi connectivity index (χ0v) is 18.4. The minimum atomic E-state index is -0.0426. The molecule has 0 saturated carbocycles. The Morgan fingerprint density at radius 1 is 1.09 bits per heavy atom. The monoisotopic (exact) mass is 434 g/mol. The van der Waals surface area contributed by atoms with Crippen LogP contribution >= 0.6 is 0 Å². The highest BCUT2D eigenvalue weighted by molar-refractivity contribution is 5.97. The lowest BCUT2D eigenvalue weighted by Gasteiger charge is -2.19. The highest BCUT2D eigenvalue weighted by atomic mass is 16.2. The molecule has 2 heterocycles. The lowest BCUT2D eigenvalue weighted by atomic mass is 10.2. The topological polar surface area (TPSA) is 89.1 Å². The van der Waals surface area contributed by atoms with Gasteiger partial charge in [0, 0.05) is 51.0 Å². The number of aliphatic imine (C=N–C) groups is 1. The van der Waals surface area contributed by atoms with Crippen LogP contribution < -0.4 is 20.9 Å². The largest absolute Gasteiger partial charge is 0.352 e. The first kappa shape index (κ1) is 21.7. The van der Waals surface area contributed by atoms with Crippen LogP contribution in [0, 0.1) is 0 Å². The van der Waals surface area contributed by atoms with Gasteiger partial charge in [-0.2, -0.15) is 0 Å². The van der Waals surface area contributed by atoms with Crippen LogP contribution in [0.25, 0.3) is 0 Å². The molecule has 2 aromatic carbocycles. The van der Waals surface area contributed by atoms with E-state index in [1.165, 1.54) is 0 Å². The number of nitrogens with zero attached hydrogens (tertiary/aromatic N) is 3. The number of hydrogen-bond acceptors (Lipinski definition) is 3. The van der Waals surface area contributed by atoms with E-state index in [1.54, 1.807) is 11.9 Å². The van der Waals surface area contributed by atoms with Gasteiger partial charge in [0.15, 0.2) is 5.96 Å².